The predicted octanol–water partition coefficient (Wildman–Crippen LogP) is 0.0853. The molecule has 1 fully saturated rings. The van der Waals surface area contributed by atoms with Gasteiger partial charge in [-0.25, -0.2) is 8.42 Å². The van der Waals surface area contributed by atoms with Crippen molar-refractivity contribution < 1.29 is 18.0 Å². The number of rotatable bonds is 8. The first-order valence-corrected chi connectivity index (χ1v) is 11.0. The minimum atomic E-state index is -3.44. The molecule has 0 aliphatic carbocycles. The second kappa shape index (κ2) is 9.45. The Labute approximate surface area is 158 Å². The van der Waals surface area contributed by atoms with Crippen molar-refractivity contribution in [2.45, 2.75) is 30.5 Å². The molecule has 1 aromatic heterocycles. The molecule has 0 aromatic carbocycles. The van der Waals surface area contributed by atoms with Gasteiger partial charge in [-0.2, -0.15) is 4.31 Å². The fourth-order valence-corrected chi connectivity index (χ4v) is 5.19. The van der Waals surface area contributed by atoms with E-state index in [1.165, 1.54) is 15.6 Å². The van der Waals surface area contributed by atoms with Crippen molar-refractivity contribution >= 4 is 33.2 Å². The van der Waals surface area contributed by atoms with E-state index in [-0.39, 0.29) is 18.4 Å². The lowest BCUT2D eigenvalue weighted by Crippen LogP contribution is -2.53. The van der Waals surface area contributed by atoms with Crippen molar-refractivity contribution in [2.75, 3.05) is 39.3 Å². The van der Waals surface area contributed by atoms with Crippen LogP contribution in [0.3, 0.4) is 0 Å². The third-order valence-corrected chi connectivity index (χ3v) is 7.38. The molecule has 2 amide bonds. The number of nitrogens with one attached hydrogen (secondary N) is 2. The largest absolute Gasteiger partial charge is 0.354 e. The van der Waals surface area contributed by atoms with Crippen molar-refractivity contribution in [3.63, 3.8) is 0 Å². The van der Waals surface area contributed by atoms with E-state index in [4.69, 9.17) is 0 Å². The zero-order valence-electron chi connectivity index (χ0n) is 15.1. The molecule has 1 aliphatic rings. The number of sulfonamides is 1. The van der Waals surface area contributed by atoms with Crippen molar-refractivity contribution in [1.29, 1.82) is 0 Å². The summed E-state index contributed by atoms with van der Waals surface area (Å²) >= 11 is 1.20. The maximum atomic E-state index is 12.5. The van der Waals surface area contributed by atoms with Gasteiger partial charge >= 0.3 is 0 Å². The minimum absolute atomic E-state index is 0.151. The van der Waals surface area contributed by atoms with Gasteiger partial charge in [-0.3, -0.25) is 14.5 Å². The van der Waals surface area contributed by atoms with Crippen LogP contribution < -0.4 is 10.6 Å². The summed E-state index contributed by atoms with van der Waals surface area (Å²) in [4.78, 5) is 25.8. The predicted molar refractivity (Wildman–Crippen MR) is 100 cm³/mol. The van der Waals surface area contributed by atoms with Gasteiger partial charge in [0.1, 0.15) is 10.3 Å². The van der Waals surface area contributed by atoms with Crippen LogP contribution in [0, 0.1) is 0 Å². The van der Waals surface area contributed by atoms with E-state index in [1.54, 1.807) is 24.4 Å². The molecule has 146 valence electrons. The molecule has 1 aliphatic heterocycles. The fourth-order valence-electron chi connectivity index (χ4n) is 2.62. The van der Waals surface area contributed by atoms with Crippen LogP contribution in [0.25, 0.3) is 0 Å². The maximum absolute atomic E-state index is 12.5. The van der Waals surface area contributed by atoms with Gasteiger partial charge in [0.05, 0.1) is 6.54 Å². The highest BCUT2D eigenvalue weighted by atomic mass is 32.2. The summed E-state index contributed by atoms with van der Waals surface area (Å²) in [6.45, 7) is 6.00. The Morgan fingerprint density at radius 1 is 1.27 bits per heavy atom. The molecular weight excluding hydrogens is 376 g/mol. The average molecular weight is 403 g/mol. The number of carbonyl (C=O) groups excluding carboxylic acids is 2. The molecule has 1 saturated heterocycles. The monoisotopic (exact) mass is 402 g/mol. The normalized spacial score (nSPS) is 17.6. The first-order valence-electron chi connectivity index (χ1n) is 8.67. The lowest BCUT2D eigenvalue weighted by molar-refractivity contribution is -0.129. The second-order valence-electron chi connectivity index (χ2n) is 6.19. The molecular formula is C16H26N4O4S2. The minimum Gasteiger partial charge on any atom is -0.354 e. The molecule has 8 nitrogen and oxygen atoms in total. The zero-order chi connectivity index (χ0) is 19.2. The summed E-state index contributed by atoms with van der Waals surface area (Å²) in [5, 5.41) is 7.16. The number of piperazine rings is 1. The summed E-state index contributed by atoms with van der Waals surface area (Å²) in [6.07, 6.45) is 0.838. The van der Waals surface area contributed by atoms with Gasteiger partial charge in [0, 0.05) is 32.7 Å². The van der Waals surface area contributed by atoms with Gasteiger partial charge in [0.2, 0.25) is 11.8 Å². The van der Waals surface area contributed by atoms with Gasteiger partial charge in [0.15, 0.2) is 0 Å². The zero-order valence-corrected chi connectivity index (χ0v) is 16.7. The average Bonchev–Trinajstić information content (AvgIpc) is 3.15. The second-order valence-corrected chi connectivity index (χ2v) is 9.31. The first kappa shape index (κ1) is 20.8. The lowest BCUT2D eigenvalue weighted by atomic mass is 10.3. The summed E-state index contributed by atoms with van der Waals surface area (Å²) in [5.74, 6) is -0.439. The van der Waals surface area contributed by atoms with Gasteiger partial charge in [-0.15, -0.1) is 11.3 Å². The summed E-state index contributed by atoms with van der Waals surface area (Å²) in [6, 6.07) is 2.73. The molecule has 0 bridgehead atoms. The van der Waals surface area contributed by atoms with Gasteiger partial charge in [0.25, 0.3) is 10.0 Å². The molecule has 0 radical (unpaired) electrons. The van der Waals surface area contributed by atoms with Crippen LogP contribution in [0.15, 0.2) is 21.7 Å². The maximum Gasteiger partial charge on any atom is 0.252 e. The third kappa shape index (κ3) is 5.50. The Balaban J connectivity index is 1.78. The number of nitrogens with zero attached hydrogens (tertiary/aromatic N) is 2. The van der Waals surface area contributed by atoms with Crippen molar-refractivity contribution in [3.05, 3.63) is 17.5 Å². The Hall–Kier alpha value is -1.49. The molecule has 0 spiro atoms. The number of hydrogen-bond donors (Lipinski definition) is 2. The van der Waals surface area contributed by atoms with Crippen LogP contribution in [0.4, 0.5) is 0 Å². The van der Waals surface area contributed by atoms with E-state index in [2.05, 4.69) is 10.6 Å². The van der Waals surface area contributed by atoms with Crippen molar-refractivity contribution in [2.24, 2.45) is 0 Å². The van der Waals surface area contributed by atoms with Crippen molar-refractivity contribution in [3.8, 4) is 0 Å². The molecule has 26 heavy (non-hydrogen) atoms. The number of carbonyl (C=O) groups is 2. The van der Waals surface area contributed by atoms with Gasteiger partial charge < -0.3 is 10.6 Å². The molecule has 10 heteroatoms. The van der Waals surface area contributed by atoms with Crippen LogP contribution in [0.5, 0.6) is 0 Å². The van der Waals surface area contributed by atoms with Crippen LogP contribution in [-0.2, 0) is 19.6 Å². The highest BCUT2D eigenvalue weighted by molar-refractivity contribution is 7.91. The Bertz CT molecular complexity index is 698. The van der Waals surface area contributed by atoms with Gasteiger partial charge in [-0.05, 0) is 24.8 Å². The van der Waals surface area contributed by atoms with E-state index < -0.39 is 16.1 Å². The van der Waals surface area contributed by atoms with E-state index in [9.17, 15) is 18.0 Å². The summed E-state index contributed by atoms with van der Waals surface area (Å²) in [5.41, 5.74) is 0. The Kier molecular flexibility index (Phi) is 7.56. The molecule has 2 N–H and O–H groups in total. The topological polar surface area (TPSA) is 98.8 Å². The molecule has 2 heterocycles. The summed E-state index contributed by atoms with van der Waals surface area (Å²) < 4.78 is 26.8. The van der Waals surface area contributed by atoms with E-state index >= 15 is 0 Å². The number of thiophene rings is 1. The molecule has 1 aromatic rings. The van der Waals surface area contributed by atoms with Crippen LogP contribution in [0.1, 0.15) is 20.3 Å². The standard InChI is InChI=1S/C16H26N4O4S2/c1-3-6-17-16(22)13(2)18-14(21)12-19-7-9-20(10-8-19)26(23,24)15-5-4-11-25-15/h4-5,11,13H,3,6-10,12H2,1-2H3,(H,17,22)(H,18,21)/t13-/m0/s1. The fraction of sp³-hybridized carbons (Fsp3) is 0.625. The SMILES string of the molecule is CCCNC(=O)[C@H](C)NC(=O)CN1CCN(S(=O)(=O)c2cccs2)CC1. The van der Waals surface area contributed by atoms with E-state index in [0.717, 1.165) is 6.42 Å². The number of amides is 2. The number of hydrogen-bond acceptors (Lipinski definition) is 6. The van der Waals surface area contributed by atoms with Crippen LogP contribution >= 0.6 is 11.3 Å². The smallest absolute Gasteiger partial charge is 0.252 e. The first-order chi connectivity index (χ1) is 12.3. The quantitative estimate of drug-likeness (QED) is 0.642. The van der Waals surface area contributed by atoms with Crippen molar-refractivity contribution in [1.82, 2.24) is 19.8 Å². The molecule has 0 unspecified atom stereocenters. The molecule has 0 saturated carbocycles. The van der Waals surface area contributed by atoms with Crippen LogP contribution in [0.2, 0.25) is 0 Å². The highest BCUT2D eigenvalue weighted by Gasteiger charge is 2.29. The molecule has 2 rings (SSSR count). The third-order valence-electron chi connectivity index (χ3n) is 4.11. The van der Waals surface area contributed by atoms with E-state index in [1.807, 2.05) is 11.8 Å². The molecule has 1 atom stereocenters. The highest BCUT2D eigenvalue weighted by Crippen LogP contribution is 2.21. The van der Waals surface area contributed by atoms with E-state index in [0.29, 0.717) is 36.9 Å². The Morgan fingerprint density at radius 3 is 2.54 bits per heavy atom. The van der Waals surface area contributed by atoms with Gasteiger partial charge in [-0.1, -0.05) is 13.0 Å². The Morgan fingerprint density at radius 2 is 1.96 bits per heavy atom. The summed E-state index contributed by atoms with van der Waals surface area (Å²) in [7, 11) is -3.44. The van der Waals surface area contributed by atoms with Crippen LogP contribution in [-0.4, -0.2) is 74.7 Å². The lowest BCUT2D eigenvalue weighted by Gasteiger charge is -2.33.